The van der Waals surface area contributed by atoms with Gasteiger partial charge in [0.05, 0.1) is 11.6 Å². The van der Waals surface area contributed by atoms with E-state index >= 15 is 0 Å². The molecule has 1 aliphatic heterocycles. The Morgan fingerprint density at radius 3 is 2.26 bits per heavy atom. The summed E-state index contributed by atoms with van der Waals surface area (Å²) in [5.41, 5.74) is -1.71. The van der Waals surface area contributed by atoms with Gasteiger partial charge in [0.25, 0.3) is 0 Å². The van der Waals surface area contributed by atoms with Crippen molar-refractivity contribution in [3.63, 3.8) is 0 Å². The van der Waals surface area contributed by atoms with Crippen LogP contribution in [0, 0.1) is 0 Å². The van der Waals surface area contributed by atoms with Gasteiger partial charge in [-0.3, -0.25) is 4.90 Å². The predicted molar refractivity (Wildman–Crippen MR) is 53.5 cm³/mol. The standard InChI is InChI=1S/C11H7F6NO/c12-10(13,14)7-2-1-6-3-8(5-19)18(9(6)4-7)11(15,16)17/h1-2,4-5,8H,3H2. The lowest BCUT2D eigenvalue weighted by molar-refractivity contribution is -0.140. The average molecular weight is 283 g/mol. The van der Waals surface area contributed by atoms with Gasteiger partial charge in [-0.25, -0.2) is 0 Å². The molecule has 0 saturated heterocycles. The largest absolute Gasteiger partial charge is 0.485 e. The number of nitrogens with zero attached hydrogens (tertiary/aromatic N) is 1. The van der Waals surface area contributed by atoms with Crippen LogP contribution in [-0.4, -0.2) is 18.6 Å². The second kappa shape index (κ2) is 4.14. The predicted octanol–water partition coefficient (Wildman–Crippen LogP) is 3.16. The summed E-state index contributed by atoms with van der Waals surface area (Å²) in [5, 5.41) is 0. The summed E-state index contributed by atoms with van der Waals surface area (Å²) in [7, 11) is 0. The van der Waals surface area contributed by atoms with Crippen molar-refractivity contribution in [3.8, 4) is 0 Å². The maximum atomic E-state index is 12.8. The molecule has 1 atom stereocenters. The summed E-state index contributed by atoms with van der Waals surface area (Å²) in [6.45, 7) is 0. The van der Waals surface area contributed by atoms with E-state index in [0.29, 0.717) is 12.1 Å². The van der Waals surface area contributed by atoms with Crippen molar-refractivity contribution in [2.24, 2.45) is 0 Å². The molecule has 104 valence electrons. The highest BCUT2D eigenvalue weighted by molar-refractivity contribution is 5.74. The van der Waals surface area contributed by atoms with E-state index in [0.717, 1.165) is 6.07 Å². The molecule has 0 aliphatic carbocycles. The number of benzene rings is 1. The molecule has 0 N–H and O–H groups in total. The van der Waals surface area contributed by atoms with E-state index in [-0.39, 0.29) is 23.2 Å². The number of fused-ring (bicyclic) bond motifs is 1. The minimum absolute atomic E-state index is 0.0717. The zero-order valence-corrected chi connectivity index (χ0v) is 9.22. The van der Waals surface area contributed by atoms with Crippen molar-refractivity contribution < 1.29 is 31.1 Å². The molecule has 0 amide bonds. The van der Waals surface area contributed by atoms with Gasteiger partial charge in [-0.1, -0.05) is 6.07 Å². The normalized spacial score (nSPS) is 19.5. The monoisotopic (exact) mass is 283 g/mol. The fraction of sp³-hybridized carbons (Fsp3) is 0.364. The van der Waals surface area contributed by atoms with Crippen molar-refractivity contribution in [2.45, 2.75) is 24.9 Å². The van der Waals surface area contributed by atoms with Gasteiger partial charge in [0.2, 0.25) is 0 Å². The SMILES string of the molecule is O=CC1Cc2ccc(C(F)(F)F)cc2N1C(F)(F)F. The molecule has 0 radical (unpaired) electrons. The van der Waals surface area contributed by atoms with E-state index in [9.17, 15) is 31.1 Å². The van der Waals surface area contributed by atoms with E-state index in [1.807, 2.05) is 0 Å². The molecule has 1 aliphatic rings. The summed E-state index contributed by atoms with van der Waals surface area (Å²) < 4.78 is 75.8. The first-order valence-electron chi connectivity index (χ1n) is 5.16. The number of anilines is 1. The van der Waals surface area contributed by atoms with Crippen LogP contribution in [0.1, 0.15) is 11.1 Å². The van der Waals surface area contributed by atoms with Gasteiger partial charge in [0.1, 0.15) is 6.29 Å². The number of alkyl halides is 6. The number of carbonyl (C=O) groups is 1. The number of carbonyl (C=O) groups excluding carboxylic acids is 1. The third-order valence-corrected chi connectivity index (χ3v) is 2.86. The first-order chi connectivity index (χ1) is 8.64. The molecule has 1 heterocycles. The highest BCUT2D eigenvalue weighted by Crippen LogP contribution is 2.42. The van der Waals surface area contributed by atoms with Crippen LogP contribution in [0.5, 0.6) is 0 Å². The summed E-state index contributed by atoms with van der Waals surface area (Å²) in [4.78, 5) is 10.4. The quantitative estimate of drug-likeness (QED) is 0.448. The molecule has 8 heteroatoms. The Bertz CT molecular complexity index is 507. The Kier molecular flexibility index (Phi) is 2.98. The molecule has 2 rings (SSSR count). The van der Waals surface area contributed by atoms with Gasteiger partial charge < -0.3 is 4.79 Å². The van der Waals surface area contributed by atoms with Crippen LogP contribution in [-0.2, 0) is 17.4 Å². The number of rotatable bonds is 1. The van der Waals surface area contributed by atoms with Crippen LogP contribution in [0.25, 0.3) is 0 Å². The minimum Gasteiger partial charge on any atom is -0.301 e. The Labute approximate surface area is 103 Å². The Morgan fingerprint density at radius 2 is 1.79 bits per heavy atom. The second-order valence-corrected chi connectivity index (χ2v) is 4.09. The zero-order valence-electron chi connectivity index (χ0n) is 9.22. The maximum absolute atomic E-state index is 12.8. The topological polar surface area (TPSA) is 20.3 Å². The van der Waals surface area contributed by atoms with Gasteiger partial charge in [-0.05, 0) is 17.7 Å². The van der Waals surface area contributed by atoms with E-state index in [2.05, 4.69) is 0 Å². The smallest absolute Gasteiger partial charge is 0.301 e. The third kappa shape index (κ3) is 2.39. The third-order valence-electron chi connectivity index (χ3n) is 2.86. The number of aldehydes is 1. The van der Waals surface area contributed by atoms with Crippen LogP contribution in [0.3, 0.4) is 0 Å². The molecular weight excluding hydrogens is 276 g/mol. The zero-order chi connectivity index (χ0) is 14.4. The number of halogens is 6. The molecule has 19 heavy (non-hydrogen) atoms. The first kappa shape index (κ1) is 13.7. The van der Waals surface area contributed by atoms with E-state index in [4.69, 9.17) is 0 Å². The fourth-order valence-electron chi connectivity index (χ4n) is 2.07. The molecule has 1 unspecified atom stereocenters. The van der Waals surface area contributed by atoms with Crippen LogP contribution in [0.15, 0.2) is 18.2 Å². The molecular formula is C11H7F6NO. The Hall–Kier alpha value is -1.73. The highest BCUT2D eigenvalue weighted by Gasteiger charge is 2.47. The lowest BCUT2D eigenvalue weighted by Gasteiger charge is -2.26. The maximum Gasteiger partial charge on any atom is 0.485 e. The van der Waals surface area contributed by atoms with E-state index in [1.54, 1.807) is 0 Å². The number of hydrogen-bond acceptors (Lipinski definition) is 2. The van der Waals surface area contributed by atoms with Crippen molar-refractivity contribution in [2.75, 3.05) is 4.90 Å². The Balaban J connectivity index is 2.53. The molecule has 0 bridgehead atoms. The van der Waals surface area contributed by atoms with Gasteiger partial charge in [0, 0.05) is 12.1 Å². The average Bonchev–Trinajstić information content (AvgIpc) is 2.64. The van der Waals surface area contributed by atoms with Gasteiger partial charge in [-0.2, -0.15) is 26.3 Å². The molecule has 1 aromatic carbocycles. The van der Waals surface area contributed by atoms with Gasteiger partial charge in [-0.15, -0.1) is 0 Å². The molecule has 2 nitrogen and oxygen atoms in total. The second-order valence-electron chi connectivity index (χ2n) is 4.09. The van der Waals surface area contributed by atoms with Crippen molar-refractivity contribution in [1.29, 1.82) is 0 Å². The van der Waals surface area contributed by atoms with Crippen molar-refractivity contribution in [3.05, 3.63) is 29.3 Å². The summed E-state index contributed by atoms with van der Waals surface area (Å²) in [6.07, 6.45) is -9.80. The van der Waals surface area contributed by atoms with Crippen LogP contribution in [0.4, 0.5) is 32.0 Å². The fourth-order valence-corrected chi connectivity index (χ4v) is 2.07. The summed E-state index contributed by atoms with van der Waals surface area (Å²) in [5.74, 6) is 0. The lowest BCUT2D eigenvalue weighted by Crippen LogP contribution is -2.44. The molecule has 0 fully saturated rings. The van der Waals surface area contributed by atoms with Gasteiger partial charge >= 0.3 is 12.5 Å². The van der Waals surface area contributed by atoms with E-state index in [1.165, 1.54) is 0 Å². The van der Waals surface area contributed by atoms with Crippen molar-refractivity contribution in [1.82, 2.24) is 0 Å². The Morgan fingerprint density at radius 1 is 1.16 bits per heavy atom. The summed E-state index contributed by atoms with van der Waals surface area (Å²) >= 11 is 0. The molecule has 0 spiro atoms. The molecule has 0 aromatic heterocycles. The molecule has 0 saturated carbocycles. The first-order valence-corrected chi connectivity index (χ1v) is 5.16. The van der Waals surface area contributed by atoms with E-state index < -0.39 is 29.8 Å². The summed E-state index contributed by atoms with van der Waals surface area (Å²) in [6, 6.07) is 0.589. The van der Waals surface area contributed by atoms with Crippen molar-refractivity contribution >= 4 is 12.0 Å². The highest BCUT2D eigenvalue weighted by atomic mass is 19.4. The van der Waals surface area contributed by atoms with Crippen LogP contribution >= 0.6 is 0 Å². The number of hydrogen-bond donors (Lipinski definition) is 0. The lowest BCUT2D eigenvalue weighted by atomic mass is 10.1. The van der Waals surface area contributed by atoms with Crippen LogP contribution < -0.4 is 4.90 Å². The van der Waals surface area contributed by atoms with Gasteiger partial charge in [0.15, 0.2) is 0 Å². The molecule has 1 aromatic rings. The minimum atomic E-state index is -4.90. The van der Waals surface area contributed by atoms with Crippen LogP contribution in [0.2, 0.25) is 0 Å².